The van der Waals surface area contributed by atoms with Gasteiger partial charge in [0.25, 0.3) is 0 Å². The number of piperazine rings is 1. The number of halogens is 4. The first kappa shape index (κ1) is 27.4. The molecule has 1 amide bonds. The molecule has 3 aromatic rings. The number of hydrogen-bond acceptors (Lipinski definition) is 8. The second-order valence-corrected chi connectivity index (χ2v) is 9.50. The third-order valence-corrected chi connectivity index (χ3v) is 6.99. The molecule has 13 heteroatoms. The molecule has 0 atom stereocenters. The molecule has 3 N–H and O–H groups in total. The van der Waals surface area contributed by atoms with E-state index in [1.54, 1.807) is 24.3 Å². The van der Waals surface area contributed by atoms with Crippen molar-refractivity contribution >= 4 is 34.7 Å². The summed E-state index contributed by atoms with van der Waals surface area (Å²) < 4.78 is 59.5. The third-order valence-electron chi connectivity index (χ3n) is 6.99. The highest BCUT2D eigenvalue weighted by Crippen LogP contribution is 2.36. The molecule has 0 bridgehead atoms. The lowest BCUT2D eigenvalue weighted by molar-refractivity contribution is -0.137. The Morgan fingerprint density at radius 1 is 1.12 bits per heavy atom. The summed E-state index contributed by atoms with van der Waals surface area (Å²) in [5.74, 6) is -0.122. The predicted octanol–water partition coefficient (Wildman–Crippen LogP) is 4.45. The average Bonchev–Trinajstić information content (AvgIpc) is 3.33. The smallest absolute Gasteiger partial charge is 0.421 e. The number of nitrogens with zero attached hydrogens (tertiary/aromatic N) is 4. The lowest BCUT2D eigenvalue weighted by atomic mass is 10.0. The van der Waals surface area contributed by atoms with Gasteiger partial charge < -0.3 is 25.6 Å². The molecule has 0 aliphatic carbocycles. The molecule has 1 aromatic heterocycles. The number of hydrogen-bond donors (Lipinski definition) is 3. The van der Waals surface area contributed by atoms with Crippen molar-refractivity contribution in [3.8, 4) is 5.75 Å². The normalized spacial score (nSPS) is 15.5. The van der Waals surface area contributed by atoms with Crippen LogP contribution < -0.4 is 25.6 Å². The number of methoxy groups -OCH3 is 1. The Morgan fingerprint density at radius 2 is 1.93 bits per heavy atom. The highest BCUT2D eigenvalue weighted by Gasteiger charge is 2.35. The Hall–Kier alpha value is -4.13. The van der Waals surface area contributed by atoms with Gasteiger partial charge in [-0.3, -0.25) is 9.69 Å². The van der Waals surface area contributed by atoms with E-state index in [0.29, 0.717) is 29.2 Å². The fraction of sp³-hybridized carbons (Fsp3) is 0.370. The van der Waals surface area contributed by atoms with Crippen LogP contribution in [0.5, 0.6) is 5.75 Å². The van der Waals surface area contributed by atoms with E-state index in [1.807, 2.05) is 12.1 Å². The van der Waals surface area contributed by atoms with Crippen molar-refractivity contribution in [1.82, 2.24) is 14.9 Å². The zero-order chi connectivity index (χ0) is 28.3. The van der Waals surface area contributed by atoms with Crippen molar-refractivity contribution in [2.75, 3.05) is 67.4 Å². The third kappa shape index (κ3) is 6.03. The highest BCUT2D eigenvalue weighted by molar-refractivity contribution is 5.99. The Labute approximate surface area is 228 Å². The zero-order valence-electron chi connectivity index (χ0n) is 21.8. The van der Waals surface area contributed by atoms with E-state index >= 15 is 0 Å². The Balaban J connectivity index is 1.34. The number of aromatic nitrogens is 2. The SMILES string of the molecule is COc1cc(N2CCN(CCF)CC2)ccc1Nc1ncc(C(F)(F)F)c(NCc2cccc3c2CC(=O)N3)n1. The number of rotatable bonds is 9. The molecule has 2 aliphatic heterocycles. The lowest BCUT2D eigenvalue weighted by Gasteiger charge is -2.35. The molecule has 1 fully saturated rings. The fourth-order valence-corrected chi connectivity index (χ4v) is 4.89. The van der Waals surface area contributed by atoms with Crippen LogP contribution in [0.15, 0.2) is 42.6 Å². The fourth-order valence-electron chi connectivity index (χ4n) is 4.89. The molecular formula is C27H29F4N7O2. The Kier molecular flexibility index (Phi) is 7.92. The number of alkyl halides is 4. The summed E-state index contributed by atoms with van der Waals surface area (Å²) >= 11 is 0. The van der Waals surface area contributed by atoms with Crippen LogP contribution in [0.25, 0.3) is 0 Å². The minimum absolute atomic E-state index is 0.0360. The highest BCUT2D eigenvalue weighted by atomic mass is 19.4. The van der Waals surface area contributed by atoms with Crippen molar-refractivity contribution in [2.45, 2.75) is 19.1 Å². The van der Waals surface area contributed by atoms with Crippen LogP contribution in [0.1, 0.15) is 16.7 Å². The van der Waals surface area contributed by atoms with Crippen LogP contribution in [-0.4, -0.2) is 67.3 Å². The van der Waals surface area contributed by atoms with Crippen molar-refractivity contribution in [2.24, 2.45) is 0 Å². The van der Waals surface area contributed by atoms with Gasteiger partial charge in [0.15, 0.2) is 0 Å². The van der Waals surface area contributed by atoms with Crippen LogP contribution in [0, 0.1) is 0 Å². The summed E-state index contributed by atoms with van der Waals surface area (Å²) in [6.45, 7) is 3.07. The summed E-state index contributed by atoms with van der Waals surface area (Å²) in [6.07, 6.45) is -3.78. The van der Waals surface area contributed by atoms with Gasteiger partial charge in [-0.2, -0.15) is 18.2 Å². The number of ether oxygens (including phenoxy) is 1. The maximum absolute atomic E-state index is 13.8. The van der Waals surface area contributed by atoms with Crippen molar-refractivity contribution < 1.29 is 27.1 Å². The summed E-state index contributed by atoms with van der Waals surface area (Å²) in [5, 5.41) is 8.49. The van der Waals surface area contributed by atoms with E-state index in [1.165, 1.54) is 7.11 Å². The molecule has 9 nitrogen and oxygen atoms in total. The van der Waals surface area contributed by atoms with Crippen molar-refractivity contribution in [3.05, 3.63) is 59.3 Å². The standard InChI is InChI=1S/C27H29F4N7O2/c1-40-23-13-18(38-11-9-37(8-7-28)10-12-38)5-6-22(23)35-26-33-16-20(27(29,30)31)25(36-26)32-15-17-3-2-4-21-19(17)14-24(39)34-21/h2-6,13,16H,7-12,14-15H2,1H3,(H,34,39)(H2,32,33,35,36). The summed E-state index contributed by atoms with van der Waals surface area (Å²) in [5.41, 5.74) is 2.49. The van der Waals surface area contributed by atoms with Gasteiger partial charge in [-0.1, -0.05) is 12.1 Å². The molecule has 1 saturated heterocycles. The number of nitrogens with one attached hydrogen (secondary N) is 3. The summed E-state index contributed by atoms with van der Waals surface area (Å²) in [4.78, 5) is 24.1. The second kappa shape index (κ2) is 11.5. The Morgan fingerprint density at radius 3 is 2.65 bits per heavy atom. The molecular weight excluding hydrogens is 530 g/mol. The molecule has 5 rings (SSSR count). The number of anilines is 5. The van der Waals surface area contributed by atoms with Gasteiger partial charge in [-0.25, -0.2) is 9.37 Å². The molecule has 2 aliphatic rings. The Bertz CT molecular complexity index is 1380. The predicted molar refractivity (Wildman–Crippen MR) is 144 cm³/mol. The number of carbonyl (C=O) groups is 1. The van der Waals surface area contributed by atoms with Gasteiger partial charge in [0, 0.05) is 62.9 Å². The van der Waals surface area contributed by atoms with Gasteiger partial charge in [-0.05, 0) is 29.3 Å². The van der Waals surface area contributed by atoms with Gasteiger partial charge in [0.1, 0.15) is 23.8 Å². The molecule has 3 heterocycles. The maximum atomic E-state index is 13.8. The van der Waals surface area contributed by atoms with Crippen LogP contribution >= 0.6 is 0 Å². The first-order valence-corrected chi connectivity index (χ1v) is 12.8. The number of fused-ring (bicyclic) bond motifs is 1. The monoisotopic (exact) mass is 559 g/mol. The maximum Gasteiger partial charge on any atom is 0.421 e. The molecule has 2 aromatic carbocycles. The van der Waals surface area contributed by atoms with Gasteiger partial charge >= 0.3 is 6.18 Å². The zero-order valence-corrected chi connectivity index (χ0v) is 21.8. The van der Waals surface area contributed by atoms with E-state index in [0.717, 1.165) is 43.6 Å². The number of carbonyl (C=O) groups excluding carboxylic acids is 1. The van der Waals surface area contributed by atoms with Crippen LogP contribution in [-0.2, 0) is 23.9 Å². The summed E-state index contributed by atoms with van der Waals surface area (Å²) in [6, 6.07) is 10.7. The van der Waals surface area contributed by atoms with Gasteiger partial charge in [0.2, 0.25) is 11.9 Å². The van der Waals surface area contributed by atoms with E-state index in [-0.39, 0.29) is 37.3 Å². The van der Waals surface area contributed by atoms with Crippen molar-refractivity contribution in [1.29, 1.82) is 0 Å². The minimum Gasteiger partial charge on any atom is -0.494 e. The quantitative estimate of drug-likeness (QED) is 0.331. The first-order valence-electron chi connectivity index (χ1n) is 12.8. The molecule has 212 valence electrons. The van der Waals surface area contributed by atoms with Crippen LogP contribution in [0.4, 0.5) is 46.4 Å². The molecule has 0 spiro atoms. The van der Waals surface area contributed by atoms with E-state index in [9.17, 15) is 22.4 Å². The molecule has 0 saturated carbocycles. The van der Waals surface area contributed by atoms with Crippen molar-refractivity contribution in [3.63, 3.8) is 0 Å². The average molecular weight is 560 g/mol. The molecule has 0 unspecified atom stereocenters. The topological polar surface area (TPSA) is 94.7 Å². The minimum atomic E-state index is -4.68. The first-order chi connectivity index (χ1) is 19.2. The lowest BCUT2D eigenvalue weighted by Crippen LogP contribution is -2.47. The largest absolute Gasteiger partial charge is 0.494 e. The number of amides is 1. The van der Waals surface area contributed by atoms with Crippen LogP contribution in [0.2, 0.25) is 0 Å². The van der Waals surface area contributed by atoms with Gasteiger partial charge in [-0.15, -0.1) is 0 Å². The molecule has 0 radical (unpaired) electrons. The molecule has 40 heavy (non-hydrogen) atoms. The van der Waals surface area contributed by atoms with Gasteiger partial charge in [0.05, 0.1) is 19.2 Å². The second-order valence-electron chi connectivity index (χ2n) is 9.50. The van der Waals surface area contributed by atoms with E-state index < -0.39 is 11.7 Å². The summed E-state index contributed by atoms with van der Waals surface area (Å²) in [7, 11) is 1.50. The van der Waals surface area contributed by atoms with Crippen LogP contribution in [0.3, 0.4) is 0 Å². The van der Waals surface area contributed by atoms with E-state index in [4.69, 9.17) is 4.74 Å². The number of benzene rings is 2. The van der Waals surface area contributed by atoms with E-state index in [2.05, 4.69) is 35.7 Å².